The molecular weight excluding hydrogens is 500 g/mol. The molecule has 0 bridgehead atoms. The zero-order chi connectivity index (χ0) is 27.6. The average Bonchev–Trinajstić information content (AvgIpc) is 2.91. The molecule has 4 aliphatic rings. The third-order valence-corrected chi connectivity index (χ3v) is 8.92. The quantitative estimate of drug-likeness (QED) is 0.562. The van der Waals surface area contributed by atoms with Crippen LogP contribution in [0.1, 0.15) is 93.8 Å². The lowest BCUT2D eigenvalue weighted by molar-refractivity contribution is -0.0542. The number of rotatable bonds is 5. The van der Waals surface area contributed by atoms with Gasteiger partial charge in [0.2, 0.25) is 0 Å². The van der Waals surface area contributed by atoms with Crippen molar-refractivity contribution >= 4 is 34.4 Å². The van der Waals surface area contributed by atoms with Crippen LogP contribution in [0, 0.1) is 5.92 Å². The number of hydrazine groups is 2. The third kappa shape index (κ3) is 4.00. The van der Waals surface area contributed by atoms with Crippen molar-refractivity contribution in [1.29, 1.82) is 0 Å². The van der Waals surface area contributed by atoms with Crippen LogP contribution in [0.25, 0.3) is 10.8 Å². The first-order valence-corrected chi connectivity index (χ1v) is 13.9. The maximum Gasteiger partial charge on any atom is 0.276 e. The first-order valence-electron chi connectivity index (χ1n) is 13.9. The molecule has 1 atom stereocenters. The van der Waals surface area contributed by atoms with Crippen LogP contribution in [-0.4, -0.2) is 91.8 Å². The summed E-state index contributed by atoms with van der Waals surface area (Å²) in [6, 6.07) is 6.23. The number of benzene rings is 2. The lowest BCUT2D eigenvalue weighted by Crippen LogP contribution is -2.58. The van der Waals surface area contributed by atoms with E-state index in [2.05, 4.69) is 0 Å². The monoisotopic (exact) mass is 534 g/mol. The van der Waals surface area contributed by atoms with E-state index in [1.165, 1.54) is 10.0 Å². The summed E-state index contributed by atoms with van der Waals surface area (Å²) in [7, 11) is 0. The van der Waals surface area contributed by atoms with Gasteiger partial charge in [-0.15, -0.1) is 0 Å². The Balaban J connectivity index is 1.37. The minimum absolute atomic E-state index is 0.0353. The SMILES string of the molecule is CC(C)(O)C1CCN(N2C(=O)c3ccc4c5c(ccc(c35)C2=O)C(=O)N(N2CCCCC2CCO)C4=O)CC1. The molecule has 2 saturated heterocycles. The normalized spacial score (nSPS) is 23.3. The van der Waals surface area contributed by atoms with E-state index in [9.17, 15) is 29.4 Å². The number of amides is 4. The van der Waals surface area contributed by atoms with Crippen molar-refractivity contribution in [3.63, 3.8) is 0 Å². The summed E-state index contributed by atoms with van der Waals surface area (Å²) >= 11 is 0. The van der Waals surface area contributed by atoms with Gasteiger partial charge in [0, 0.05) is 43.1 Å². The molecule has 2 N–H and O–H groups in total. The highest BCUT2D eigenvalue weighted by Crippen LogP contribution is 2.40. The Labute approximate surface area is 226 Å². The molecule has 4 aliphatic heterocycles. The van der Waals surface area contributed by atoms with Crippen molar-refractivity contribution in [2.45, 2.75) is 64.0 Å². The molecule has 10 nitrogen and oxygen atoms in total. The Morgan fingerprint density at radius 3 is 1.69 bits per heavy atom. The Bertz CT molecular complexity index is 1320. The smallest absolute Gasteiger partial charge is 0.276 e. The van der Waals surface area contributed by atoms with Crippen molar-refractivity contribution in [3.8, 4) is 0 Å². The fourth-order valence-electron chi connectivity index (χ4n) is 6.80. The van der Waals surface area contributed by atoms with E-state index in [1.807, 2.05) is 0 Å². The largest absolute Gasteiger partial charge is 0.396 e. The molecule has 0 radical (unpaired) electrons. The maximum atomic E-state index is 13.8. The lowest BCUT2D eigenvalue weighted by atomic mass is 9.83. The van der Waals surface area contributed by atoms with E-state index in [1.54, 1.807) is 48.1 Å². The Morgan fingerprint density at radius 2 is 1.23 bits per heavy atom. The molecule has 0 aromatic heterocycles. The summed E-state index contributed by atoms with van der Waals surface area (Å²) in [4.78, 5) is 55.0. The molecule has 4 heterocycles. The summed E-state index contributed by atoms with van der Waals surface area (Å²) in [6.45, 7) is 4.97. The van der Waals surface area contributed by atoms with Crippen LogP contribution in [-0.2, 0) is 0 Å². The van der Waals surface area contributed by atoms with Crippen LogP contribution in [0.4, 0.5) is 0 Å². The Morgan fingerprint density at radius 1 is 0.744 bits per heavy atom. The second-order valence-corrected chi connectivity index (χ2v) is 11.6. The van der Waals surface area contributed by atoms with Gasteiger partial charge in [0.1, 0.15) is 0 Å². The molecule has 4 amide bonds. The second kappa shape index (κ2) is 9.48. The molecule has 10 heteroatoms. The van der Waals surface area contributed by atoms with Crippen molar-refractivity contribution < 1.29 is 29.4 Å². The molecule has 2 fully saturated rings. The number of carbonyl (C=O) groups is 4. The predicted octanol–water partition coefficient (Wildman–Crippen LogP) is 2.58. The van der Waals surface area contributed by atoms with Crippen LogP contribution in [0.3, 0.4) is 0 Å². The summed E-state index contributed by atoms with van der Waals surface area (Å²) in [5.74, 6) is -1.83. The summed E-state index contributed by atoms with van der Waals surface area (Å²) < 4.78 is 0. The highest BCUT2D eigenvalue weighted by molar-refractivity contribution is 6.33. The maximum absolute atomic E-state index is 13.8. The fourth-order valence-corrected chi connectivity index (χ4v) is 6.80. The topological polar surface area (TPSA) is 122 Å². The molecule has 2 aromatic carbocycles. The van der Waals surface area contributed by atoms with Gasteiger partial charge in [0.15, 0.2) is 0 Å². The number of piperidine rings is 2. The highest BCUT2D eigenvalue weighted by Gasteiger charge is 2.45. The van der Waals surface area contributed by atoms with E-state index in [0.29, 0.717) is 71.9 Å². The number of nitrogens with zero attached hydrogens (tertiary/aromatic N) is 4. The van der Waals surface area contributed by atoms with E-state index >= 15 is 0 Å². The lowest BCUT2D eigenvalue weighted by Gasteiger charge is -2.44. The fraction of sp³-hybridized carbons (Fsp3) is 0.517. The third-order valence-electron chi connectivity index (χ3n) is 8.92. The van der Waals surface area contributed by atoms with Gasteiger partial charge >= 0.3 is 0 Å². The van der Waals surface area contributed by atoms with E-state index in [4.69, 9.17) is 0 Å². The highest BCUT2D eigenvalue weighted by atomic mass is 16.3. The van der Waals surface area contributed by atoms with Crippen molar-refractivity contribution in [2.24, 2.45) is 5.92 Å². The van der Waals surface area contributed by atoms with Crippen LogP contribution >= 0.6 is 0 Å². The minimum atomic E-state index is -0.833. The molecule has 206 valence electrons. The molecule has 1 unspecified atom stereocenters. The van der Waals surface area contributed by atoms with Crippen molar-refractivity contribution in [2.75, 3.05) is 26.2 Å². The van der Waals surface area contributed by atoms with Crippen LogP contribution < -0.4 is 0 Å². The van der Waals surface area contributed by atoms with Gasteiger partial charge in [-0.05, 0) is 76.1 Å². The molecular formula is C29H34N4O6. The van der Waals surface area contributed by atoms with Crippen LogP contribution in [0.15, 0.2) is 24.3 Å². The number of hydrogen-bond acceptors (Lipinski definition) is 8. The van der Waals surface area contributed by atoms with Gasteiger partial charge in [-0.3, -0.25) is 19.2 Å². The van der Waals surface area contributed by atoms with Gasteiger partial charge in [-0.25, -0.2) is 20.0 Å². The van der Waals surface area contributed by atoms with E-state index < -0.39 is 29.2 Å². The van der Waals surface area contributed by atoms with Gasteiger partial charge in [-0.2, -0.15) is 0 Å². The van der Waals surface area contributed by atoms with Gasteiger partial charge in [0.05, 0.1) is 27.9 Å². The second-order valence-electron chi connectivity index (χ2n) is 11.6. The number of carbonyl (C=O) groups excluding carboxylic acids is 4. The summed E-state index contributed by atoms with van der Waals surface area (Å²) in [5, 5.41) is 26.6. The molecule has 2 aromatic rings. The van der Waals surface area contributed by atoms with Crippen LogP contribution in [0.2, 0.25) is 0 Å². The molecule has 0 aliphatic carbocycles. The number of aliphatic hydroxyl groups excluding tert-OH is 1. The van der Waals surface area contributed by atoms with Crippen LogP contribution in [0.5, 0.6) is 0 Å². The first-order chi connectivity index (χ1) is 18.6. The molecule has 0 saturated carbocycles. The summed E-state index contributed by atoms with van der Waals surface area (Å²) in [5.41, 5.74) is 0.331. The first kappa shape index (κ1) is 26.1. The zero-order valence-electron chi connectivity index (χ0n) is 22.4. The molecule has 39 heavy (non-hydrogen) atoms. The standard InChI is InChI=1S/C29H34N4O6/c1-29(2,39)17-10-14-30(15-11-17)32-25(35)19-6-8-21-24-22(9-7-20(23(19)24)26(32)36)28(38)33(27(21)37)31-13-4-3-5-18(31)12-16-34/h6-9,17-18,34,39H,3-5,10-16H2,1-2H3. The number of imide groups is 2. The van der Waals surface area contributed by atoms with Gasteiger partial charge < -0.3 is 10.2 Å². The van der Waals surface area contributed by atoms with E-state index in [0.717, 1.165) is 19.3 Å². The van der Waals surface area contributed by atoms with Crippen molar-refractivity contribution in [3.05, 3.63) is 46.5 Å². The minimum Gasteiger partial charge on any atom is -0.396 e. The molecule has 0 spiro atoms. The van der Waals surface area contributed by atoms with E-state index in [-0.39, 0.29) is 18.6 Å². The molecule has 6 rings (SSSR count). The number of hydrogen-bond donors (Lipinski definition) is 2. The van der Waals surface area contributed by atoms with Gasteiger partial charge in [0.25, 0.3) is 23.6 Å². The van der Waals surface area contributed by atoms with Crippen molar-refractivity contribution in [1.82, 2.24) is 20.0 Å². The Hall–Kier alpha value is -3.18. The summed E-state index contributed by atoms with van der Waals surface area (Å²) in [6.07, 6.45) is 4.34. The number of aliphatic hydroxyl groups is 2. The Kier molecular flexibility index (Phi) is 6.33. The predicted molar refractivity (Wildman–Crippen MR) is 142 cm³/mol. The zero-order valence-corrected chi connectivity index (χ0v) is 22.4. The van der Waals surface area contributed by atoms with Gasteiger partial charge in [-0.1, -0.05) is 6.42 Å². The average molecular weight is 535 g/mol.